The van der Waals surface area contributed by atoms with Gasteiger partial charge in [-0.2, -0.15) is 0 Å². The first kappa shape index (κ1) is 12.4. The number of para-hydroxylation sites is 1. The molecule has 5 heteroatoms. The van der Waals surface area contributed by atoms with Crippen molar-refractivity contribution in [3.05, 3.63) is 30.3 Å². The maximum Gasteiger partial charge on any atom is 0.290 e. The fourth-order valence-electron chi connectivity index (χ4n) is 0.841. The highest BCUT2D eigenvalue weighted by atomic mass is 16.7. The Hall–Kier alpha value is -1.59. The maximum atomic E-state index is 8.36. The van der Waals surface area contributed by atoms with Gasteiger partial charge < -0.3 is 5.11 Å². The van der Waals surface area contributed by atoms with Gasteiger partial charge in [-0.25, -0.2) is 0 Å². The molecule has 0 aromatic heterocycles. The molecule has 0 aliphatic heterocycles. The van der Waals surface area contributed by atoms with E-state index < -0.39 is 0 Å². The topological polar surface area (TPSA) is 61.8 Å². The van der Waals surface area contributed by atoms with Gasteiger partial charge in [-0.1, -0.05) is 18.2 Å². The molecule has 0 saturated heterocycles. The Morgan fingerprint density at radius 2 is 1.93 bits per heavy atom. The zero-order valence-electron chi connectivity index (χ0n) is 8.18. The third kappa shape index (κ3) is 5.13. The summed E-state index contributed by atoms with van der Waals surface area (Å²) in [7, 11) is 3.47. The highest BCUT2D eigenvalue weighted by Crippen LogP contribution is 2.07. The molecule has 1 rings (SSSR count). The largest absolute Gasteiger partial charge is 0.483 e. The molecule has 1 aromatic rings. The summed E-state index contributed by atoms with van der Waals surface area (Å²) in [6, 6.07) is 9.91. The number of hydrogen-bond donors (Lipinski definition) is 2. The van der Waals surface area contributed by atoms with Crippen LogP contribution in [-0.2, 0) is 9.63 Å². The Labute approximate surface area is 82.8 Å². The van der Waals surface area contributed by atoms with Gasteiger partial charge >= 0.3 is 0 Å². The molecule has 0 bridgehead atoms. The van der Waals surface area contributed by atoms with Crippen LogP contribution in [0.3, 0.4) is 0 Å². The molecule has 0 saturated carbocycles. The summed E-state index contributed by atoms with van der Waals surface area (Å²) in [6.45, 7) is -0.250. The number of carbonyl (C=O) groups is 1. The second-order valence-electron chi connectivity index (χ2n) is 2.30. The predicted molar refractivity (Wildman–Crippen MR) is 53.7 cm³/mol. The maximum absolute atomic E-state index is 8.36. The van der Waals surface area contributed by atoms with E-state index in [4.69, 9.17) is 14.7 Å². The van der Waals surface area contributed by atoms with Crippen LogP contribution in [0.5, 0.6) is 0 Å². The molecule has 0 radical (unpaired) electrons. The summed E-state index contributed by atoms with van der Waals surface area (Å²) in [6.07, 6.45) is 0. The van der Waals surface area contributed by atoms with E-state index >= 15 is 0 Å². The fourth-order valence-corrected chi connectivity index (χ4v) is 0.841. The number of benzene rings is 1. The number of nitrogens with one attached hydrogen (secondary N) is 1. The molecule has 5 nitrogen and oxygen atoms in total. The lowest BCUT2D eigenvalue weighted by Crippen LogP contribution is -2.32. The van der Waals surface area contributed by atoms with Gasteiger partial charge in [-0.15, -0.1) is 5.59 Å². The van der Waals surface area contributed by atoms with Crippen LogP contribution >= 0.6 is 0 Å². The Kier molecular flexibility index (Phi) is 7.12. The number of rotatable bonds is 3. The number of hydrazine groups is 1. The molecule has 78 valence electrons. The molecule has 0 amide bonds. The monoisotopic (exact) mass is 198 g/mol. The molecule has 14 heavy (non-hydrogen) atoms. The third-order valence-electron chi connectivity index (χ3n) is 1.37. The van der Waals surface area contributed by atoms with Gasteiger partial charge in [0.1, 0.15) is 0 Å². The number of hydrogen-bond acceptors (Lipinski definition) is 4. The van der Waals surface area contributed by atoms with E-state index in [1.54, 1.807) is 12.1 Å². The van der Waals surface area contributed by atoms with E-state index in [9.17, 15) is 0 Å². The van der Waals surface area contributed by atoms with Crippen molar-refractivity contribution in [2.75, 3.05) is 19.2 Å². The van der Waals surface area contributed by atoms with E-state index in [0.29, 0.717) is 0 Å². The minimum Gasteiger partial charge on any atom is -0.483 e. The summed E-state index contributed by atoms with van der Waals surface area (Å²) < 4.78 is 0. The highest BCUT2D eigenvalue weighted by molar-refractivity contribution is 5.43. The zero-order valence-corrected chi connectivity index (χ0v) is 8.18. The Morgan fingerprint density at radius 1 is 1.43 bits per heavy atom. The first-order valence-corrected chi connectivity index (χ1v) is 3.91. The van der Waals surface area contributed by atoms with Gasteiger partial charge in [-0.05, 0) is 12.1 Å². The summed E-state index contributed by atoms with van der Waals surface area (Å²) >= 11 is 0. The molecule has 0 heterocycles. The highest BCUT2D eigenvalue weighted by Gasteiger charge is 1.94. The Morgan fingerprint density at radius 3 is 2.36 bits per heavy atom. The Bertz CT molecular complexity index is 241. The SMILES string of the molecule is CONN(C)c1ccccc1.O=CO. The van der Waals surface area contributed by atoms with Crippen molar-refractivity contribution in [3.63, 3.8) is 0 Å². The van der Waals surface area contributed by atoms with Gasteiger partial charge in [0, 0.05) is 7.05 Å². The van der Waals surface area contributed by atoms with Crippen LogP contribution in [0.1, 0.15) is 0 Å². The van der Waals surface area contributed by atoms with Crippen LogP contribution in [0, 0.1) is 0 Å². The van der Waals surface area contributed by atoms with E-state index in [1.807, 2.05) is 37.4 Å². The molecular weight excluding hydrogens is 184 g/mol. The smallest absolute Gasteiger partial charge is 0.290 e. The molecule has 0 fully saturated rings. The van der Waals surface area contributed by atoms with E-state index in [1.165, 1.54) is 0 Å². The number of nitrogens with zero attached hydrogens (tertiary/aromatic N) is 1. The fraction of sp³-hybridized carbons (Fsp3) is 0.222. The second-order valence-corrected chi connectivity index (χ2v) is 2.30. The van der Waals surface area contributed by atoms with Crippen molar-refractivity contribution in [2.45, 2.75) is 0 Å². The second kappa shape index (κ2) is 8.03. The van der Waals surface area contributed by atoms with Crippen LogP contribution in [0.25, 0.3) is 0 Å². The average Bonchev–Trinajstić information content (AvgIpc) is 2.21. The van der Waals surface area contributed by atoms with Gasteiger partial charge in [0.05, 0.1) is 12.8 Å². The van der Waals surface area contributed by atoms with Crippen LogP contribution in [0.4, 0.5) is 5.69 Å². The van der Waals surface area contributed by atoms with Crippen LogP contribution in [0.2, 0.25) is 0 Å². The quantitative estimate of drug-likeness (QED) is 0.558. The Balaban J connectivity index is 0.000000500. The lowest BCUT2D eigenvalue weighted by atomic mass is 10.3. The summed E-state index contributed by atoms with van der Waals surface area (Å²) in [4.78, 5) is 13.1. The van der Waals surface area contributed by atoms with Gasteiger partial charge in [0.2, 0.25) is 0 Å². The van der Waals surface area contributed by atoms with Crippen LogP contribution < -0.4 is 10.6 Å². The minimum absolute atomic E-state index is 0.250. The van der Waals surface area contributed by atoms with Gasteiger partial charge in [-0.3, -0.25) is 14.6 Å². The zero-order chi connectivity index (χ0) is 10.8. The molecule has 0 aliphatic rings. The average molecular weight is 198 g/mol. The van der Waals surface area contributed by atoms with Crippen LogP contribution in [-0.4, -0.2) is 25.7 Å². The molecule has 2 N–H and O–H groups in total. The molecule has 0 unspecified atom stereocenters. The van der Waals surface area contributed by atoms with Gasteiger partial charge in [0.15, 0.2) is 0 Å². The van der Waals surface area contributed by atoms with Gasteiger partial charge in [0.25, 0.3) is 6.47 Å². The van der Waals surface area contributed by atoms with Crippen molar-refractivity contribution < 1.29 is 14.7 Å². The normalized spacial score (nSPS) is 8.43. The van der Waals surface area contributed by atoms with Crippen molar-refractivity contribution in [2.24, 2.45) is 0 Å². The predicted octanol–water partition coefficient (Wildman–Crippen LogP) is 0.890. The van der Waals surface area contributed by atoms with Crippen molar-refractivity contribution in [1.29, 1.82) is 0 Å². The minimum atomic E-state index is -0.250. The molecular formula is C9H14N2O3. The van der Waals surface area contributed by atoms with E-state index in [0.717, 1.165) is 5.69 Å². The number of anilines is 1. The number of carboxylic acid groups (broad SMARTS) is 1. The first-order chi connectivity index (χ1) is 6.76. The van der Waals surface area contributed by atoms with Crippen molar-refractivity contribution >= 4 is 12.2 Å². The molecule has 0 atom stereocenters. The summed E-state index contributed by atoms with van der Waals surface area (Å²) in [5.41, 5.74) is 3.76. The van der Waals surface area contributed by atoms with E-state index in [2.05, 4.69) is 5.59 Å². The lowest BCUT2D eigenvalue weighted by Gasteiger charge is -2.17. The van der Waals surface area contributed by atoms with Crippen molar-refractivity contribution in [1.82, 2.24) is 5.59 Å². The summed E-state index contributed by atoms with van der Waals surface area (Å²) in [5, 5.41) is 8.68. The lowest BCUT2D eigenvalue weighted by molar-refractivity contribution is -0.122. The summed E-state index contributed by atoms with van der Waals surface area (Å²) in [5.74, 6) is 0. The standard InChI is InChI=1S/C8H12N2O.CH2O2/c1-10(9-11-2)8-6-4-3-5-7-8;2-1-3/h3-7,9H,1-2H3;1H,(H,2,3). The molecule has 0 aliphatic carbocycles. The molecule has 1 aromatic carbocycles. The van der Waals surface area contributed by atoms with Crippen molar-refractivity contribution in [3.8, 4) is 0 Å². The van der Waals surface area contributed by atoms with Crippen LogP contribution in [0.15, 0.2) is 30.3 Å². The third-order valence-corrected chi connectivity index (χ3v) is 1.37. The first-order valence-electron chi connectivity index (χ1n) is 3.91. The molecule has 0 spiro atoms. The van der Waals surface area contributed by atoms with E-state index in [-0.39, 0.29) is 6.47 Å².